The lowest BCUT2D eigenvalue weighted by Crippen LogP contribution is -2.10. The van der Waals surface area contributed by atoms with Crippen LogP contribution in [0.2, 0.25) is 5.02 Å². The molecule has 1 aliphatic heterocycles. The first-order chi connectivity index (χ1) is 6.66. The second-order valence-corrected chi connectivity index (χ2v) is 4.16. The molecule has 0 fully saturated rings. The quantitative estimate of drug-likeness (QED) is 0.757. The summed E-state index contributed by atoms with van der Waals surface area (Å²) in [7, 11) is 0. The van der Waals surface area contributed by atoms with Gasteiger partial charge in [-0.1, -0.05) is 23.7 Å². The highest BCUT2D eigenvalue weighted by molar-refractivity contribution is 6.30. The second kappa shape index (κ2) is 3.62. The Hall–Kier alpha value is -1.02. The molecule has 2 N–H and O–H groups in total. The largest absolute Gasteiger partial charge is 0.387 e. The van der Waals surface area contributed by atoms with Gasteiger partial charge in [-0.25, -0.2) is 0 Å². The third-order valence-corrected chi connectivity index (χ3v) is 2.93. The Morgan fingerprint density at radius 2 is 2.00 bits per heavy atom. The molecule has 1 heterocycles. The van der Waals surface area contributed by atoms with Gasteiger partial charge in [-0.2, -0.15) is 0 Å². The van der Waals surface area contributed by atoms with Gasteiger partial charge in [0.25, 0.3) is 0 Å². The lowest BCUT2D eigenvalue weighted by Gasteiger charge is -2.13. The highest BCUT2D eigenvalue weighted by Crippen LogP contribution is 2.30. The molecule has 0 bridgehead atoms. The summed E-state index contributed by atoms with van der Waals surface area (Å²) in [5.74, 6) is 1.18. The maximum absolute atomic E-state index is 5.83. The van der Waals surface area contributed by atoms with Crippen LogP contribution in [-0.4, -0.2) is 11.9 Å². The molecule has 0 aliphatic carbocycles. The Morgan fingerprint density at radius 1 is 1.36 bits per heavy atom. The zero-order chi connectivity index (χ0) is 10.1. The maximum atomic E-state index is 5.83. The Labute approximate surface area is 88.8 Å². The van der Waals surface area contributed by atoms with Crippen molar-refractivity contribution in [2.24, 2.45) is 10.7 Å². The standard InChI is InChI=1S/C11H13ClN2/c1-7-10(6-11(13)14-7)8-2-4-9(12)5-3-8/h2-5,7,10H,6H2,1H3,(H2,13,14). The molecule has 1 aliphatic rings. The molecule has 0 saturated heterocycles. The average molecular weight is 209 g/mol. The smallest absolute Gasteiger partial charge is 0.0947 e. The number of amidine groups is 1. The summed E-state index contributed by atoms with van der Waals surface area (Å²) in [4.78, 5) is 4.33. The van der Waals surface area contributed by atoms with Gasteiger partial charge >= 0.3 is 0 Å². The van der Waals surface area contributed by atoms with E-state index >= 15 is 0 Å². The number of rotatable bonds is 1. The molecule has 2 unspecified atom stereocenters. The second-order valence-electron chi connectivity index (χ2n) is 3.72. The van der Waals surface area contributed by atoms with Gasteiger partial charge in [-0.15, -0.1) is 0 Å². The molecular formula is C11H13ClN2. The Kier molecular flexibility index (Phi) is 2.46. The van der Waals surface area contributed by atoms with E-state index < -0.39 is 0 Å². The van der Waals surface area contributed by atoms with Gasteiger partial charge in [0, 0.05) is 17.4 Å². The summed E-state index contributed by atoms with van der Waals surface area (Å²) in [6.45, 7) is 2.10. The van der Waals surface area contributed by atoms with E-state index in [4.69, 9.17) is 17.3 Å². The normalized spacial score (nSPS) is 26.3. The first kappa shape index (κ1) is 9.53. The molecule has 14 heavy (non-hydrogen) atoms. The first-order valence-electron chi connectivity index (χ1n) is 4.74. The molecule has 0 radical (unpaired) electrons. The van der Waals surface area contributed by atoms with Crippen LogP contribution in [0.25, 0.3) is 0 Å². The molecule has 0 spiro atoms. The SMILES string of the molecule is CC1N=C(N)CC1c1ccc(Cl)cc1. The summed E-state index contributed by atoms with van der Waals surface area (Å²) in [6, 6.07) is 8.22. The lowest BCUT2D eigenvalue weighted by molar-refractivity contribution is 0.628. The van der Waals surface area contributed by atoms with Crippen LogP contribution >= 0.6 is 11.6 Å². The fraction of sp³-hybridized carbons (Fsp3) is 0.364. The van der Waals surface area contributed by atoms with E-state index in [0.717, 1.165) is 17.3 Å². The molecule has 1 aromatic carbocycles. The molecule has 2 rings (SSSR count). The first-order valence-corrected chi connectivity index (χ1v) is 5.12. The summed E-state index contributed by atoms with van der Waals surface area (Å²) in [5, 5.41) is 0.772. The minimum atomic E-state index is 0.288. The third kappa shape index (κ3) is 1.75. The van der Waals surface area contributed by atoms with Gasteiger partial charge in [-0.05, 0) is 24.6 Å². The van der Waals surface area contributed by atoms with Crippen molar-refractivity contribution in [2.45, 2.75) is 25.3 Å². The number of halogens is 1. The fourth-order valence-electron chi connectivity index (χ4n) is 1.91. The zero-order valence-corrected chi connectivity index (χ0v) is 8.83. The maximum Gasteiger partial charge on any atom is 0.0947 e. The van der Waals surface area contributed by atoms with Crippen molar-refractivity contribution in [1.29, 1.82) is 0 Å². The van der Waals surface area contributed by atoms with E-state index in [-0.39, 0.29) is 6.04 Å². The van der Waals surface area contributed by atoms with Gasteiger partial charge < -0.3 is 5.73 Å². The summed E-state index contributed by atoms with van der Waals surface area (Å²) < 4.78 is 0. The Bertz CT molecular complexity index is 356. The Balaban J connectivity index is 2.21. The summed E-state index contributed by atoms with van der Waals surface area (Å²) in [6.07, 6.45) is 0.864. The average Bonchev–Trinajstić information content (AvgIpc) is 2.47. The number of hydrogen-bond donors (Lipinski definition) is 1. The van der Waals surface area contributed by atoms with E-state index in [1.165, 1.54) is 5.56 Å². The Morgan fingerprint density at radius 3 is 2.50 bits per heavy atom. The van der Waals surface area contributed by atoms with Gasteiger partial charge in [0.2, 0.25) is 0 Å². The van der Waals surface area contributed by atoms with Crippen LogP contribution in [0.5, 0.6) is 0 Å². The van der Waals surface area contributed by atoms with E-state index in [1.807, 2.05) is 12.1 Å². The van der Waals surface area contributed by atoms with E-state index in [9.17, 15) is 0 Å². The zero-order valence-electron chi connectivity index (χ0n) is 8.07. The number of hydrogen-bond acceptors (Lipinski definition) is 2. The van der Waals surface area contributed by atoms with E-state index in [0.29, 0.717) is 5.92 Å². The van der Waals surface area contributed by atoms with Crippen LogP contribution in [-0.2, 0) is 0 Å². The minimum absolute atomic E-state index is 0.288. The van der Waals surface area contributed by atoms with Crippen molar-refractivity contribution in [3.05, 3.63) is 34.9 Å². The molecule has 0 aromatic heterocycles. The van der Waals surface area contributed by atoms with E-state index in [1.54, 1.807) is 0 Å². The van der Waals surface area contributed by atoms with Crippen molar-refractivity contribution in [1.82, 2.24) is 0 Å². The van der Waals surface area contributed by atoms with Crippen molar-refractivity contribution in [3.8, 4) is 0 Å². The van der Waals surface area contributed by atoms with Crippen molar-refractivity contribution in [2.75, 3.05) is 0 Å². The summed E-state index contributed by atoms with van der Waals surface area (Å²) >= 11 is 5.83. The molecule has 74 valence electrons. The number of benzene rings is 1. The monoisotopic (exact) mass is 208 g/mol. The van der Waals surface area contributed by atoms with Crippen LogP contribution in [0.1, 0.15) is 24.8 Å². The van der Waals surface area contributed by atoms with Crippen LogP contribution in [0.3, 0.4) is 0 Å². The number of nitrogens with two attached hydrogens (primary N) is 1. The molecule has 0 saturated carbocycles. The summed E-state index contributed by atoms with van der Waals surface area (Å²) in [5.41, 5.74) is 6.98. The van der Waals surface area contributed by atoms with Crippen molar-refractivity contribution >= 4 is 17.4 Å². The van der Waals surface area contributed by atoms with Gasteiger partial charge in [-0.3, -0.25) is 4.99 Å². The van der Waals surface area contributed by atoms with Crippen LogP contribution in [0.15, 0.2) is 29.3 Å². The number of nitrogens with zero attached hydrogens (tertiary/aromatic N) is 1. The third-order valence-electron chi connectivity index (χ3n) is 2.68. The molecule has 3 heteroatoms. The molecule has 2 atom stereocenters. The van der Waals surface area contributed by atoms with Gasteiger partial charge in [0.15, 0.2) is 0 Å². The van der Waals surface area contributed by atoms with Crippen LogP contribution in [0, 0.1) is 0 Å². The van der Waals surface area contributed by atoms with Gasteiger partial charge in [0.05, 0.1) is 11.9 Å². The highest BCUT2D eigenvalue weighted by atomic mass is 35.5. The van der Waals surface area contributed by atoms with E-state index in [2.05, 4.69) is 24.0 Å². The van der Waals surface area contributed by atoms with Crippen LogP contribution < -0.4 is 5.73 Å². The minimum Gasteiger partial charge on any atom is -0.387 e. The topological polar surface area (TPSA) is 38.4 Å². The van der Waals surface area contributed by atoms with Crippen molar-refractivity contribution < 1.29 is 0 Å². The number of aliphatic imine (C=N–C) groups is 1. The molecule has 2 nitrogen and oxygen atoms in total. The van der Waals surface area contributed by atoms with Crippen molar-refractivity contribution in [3.63, 3.8) is 0 Å². The highest BCUT2D eigenvalue weighted by Gasteiger charge is 2.25. The molecular weight excluding hydrogens is 196 g/mol. The predicted octanol–water partition coefficient (Wildman–Crippen LogP) is 2.57. The lowest BCUT2D eigenvalue weighted by atomic mass is 9.92. The molecule has 1 aromatic rings. The fourth-order valence-corrected chi connectivity index (χ4v) is 2.03. The molecule has 0 amide bonds. The predicted molar refractivity (Wildman–Crippen MR) is 59.9 cm³/mol. The van der Waals surface area contributed by atoms with Gasteiger partial charge in [0.1, 0.15) is 0 Å². The van der Waals surface area contributed by atoms with Crippen LogP contribution in [0.4, 0.5) is 0 Å².